The summed E-state index contributed by atoms with van der Waals surface area (Å²) in [5.74, 6) is 0. The lowest BCUT2D eigenvalue weighted by atomic mass is 10.1. The van der Waals surface area contributed by atoms with Crippen molar-refractivity contribution in [2.24, 2.45) is 0 Å². The average molecular weight is 193 g/mol. The number of hydrogen-bond donors (Lipinski definition) is 2. The highest BCUT2D eigenvalue weighted by Crippen LogP contribution is 2.04. The smallest absolute Gasteiger partial charge is 0.0681 e. The first-order valence-electron chi connectivity index (χ1n) is 5.14. The van der Waals surface area contributed by atoms with E-state index in [9.17, 15) is 0 Å². The monoisotopic (exact) mass is 193 g/mol. The van der Waals surface area contributed by atoms with E-state index in [1.54, 1.807) is 0 Å². The summed E-state index contributed by atoms with van der Waals surface area (Å²) in [4.78, 5) is 0. The van der Waals surface area contributed by atoms with Gasteiger partial charge in [-0.2, -0.15) is 0 Å². The molecule has 0 radical (unpaired) electrons. The second-order valence-electron chi connectivity index (χ2n) is 3.83. The Balaban J connectivity index is 2.36. The largest absolute Gasteiger partial charge is 0.392 e. The number of aliphatic hydroxyl groups excluding tert-OH is 1. The zero-order chi connectivity index (χ0) is 10.4. The molecule has 0 fully saturated rings. The van der Waals surface area contributed by atoms with Gasteiger partial charge in [-0.05, 0) is 24.1 Å². The van der Waals surface area contributed by atoms with Crippen molar-refractivity contribution >= 4 is 0 Å². The van der Waals surface area contributed by atoms with Crippen LogP contribution in [0.2, 0.25) is 0 Å². The minimum Gasteiger partial charge on any atom is -0.392 e. The molecule has 1 rings (SSSR count). The van der Waals surface area contributed by atoms with Crippen molar-refractivity contribution in [3.63, 3.8) is 0 Å². The van der Waals surface area contributed by atoms with Gasteiger partial charge in [-0.1, -0.05) is 38.1 Å². The van der Waals surface area contributed by atoms with Crippen LogP contribution >= 0.6 is 0 Å². The van der Waals surface area contributed by atoms with Crippen LogP contribution in [0.15, 0.2) is 24.3 Å². The molecule has 0 saturated heterocycles. The topological polar surface area (TPSA) is 32.3 Å². The van der Waals surface area contributed by atoms with Gasteiger partial charge in [0.2, 0.25) is 0 Å². The fourth-order valence-corrected chi connectivity index (χ4v) is 1.32. The number of hydrogen-bond acceptors (Lipinski definition) is 2. The van der Waals surface area contributed by atoms with E-state index in [0.717, 1.165) is 18.5 Å². The molecule has 1 aromatic carbocycles. The standard InChI is InChI=1S/C12H19NO/c1-10(2)13-8-7-11-3-5-12(9-14)6-4-11/h3-6,10,13-14H,7-9H2,1-2H3. The maximum Gasteiger partial charge on any atom is 0.0681 e. The Kier molecular flexibility index (Phi) is 4.63. The maximum atomic E-state index is 8.86. The lowest BCUT2D eigenvalue weighted by Gasteiger charge is -2.07. The predicted molar refractivity (Wildman–Crippen MR) is 59.2 cm³/mol. The van der Waals surface area contributed by atoms with Crippen LogP contribution in [0, 0.1) is 0 Å². The normalized spacial score (nSPS) is 10.9. The number of rotatable bonds is 5. The third-order valence-electron chi connectivity index (χ3n) is 2.17. The quantitative estimate of drug-likeness (QED) is 0.746. The molecule has 0 bridgehead atoms. The molecule has 1 aromatic rings. The van der Waals surface area contributed by atoms with E-state index < -0.39 is 0 Å². The van der Waals surface area contributed by atoms with Crippen molar-refractivity contribution in [3.8, 4) is 0 Å². The summed E-state index contributed by atoms with van der Waals surface area (Å²) < 4.78 is 0. The van der Waals surface area contributed by atoms with E-state index in [4.69, 9.17) is 5.11 Å². The molecule has 0 aromatic heterocycles. The van der Waals surface area contributed by atoms with Crippen LogP contribution in [0.1, 0.15) is 25.0 Å². The highest BCUT2D eigenvalue weighted by Gasteiger charge is 1.95. The van der Waals surface area contributed by atoms with Crippen molar-refractivity contribution in [2.45, 2.75) is 32.9 Å². The first-order chi connectivity index (χ1) is 6.72. The van der Waals surface area contributed by atoms with Crippen molar-refractivity contribution in [1.29, 1.82) is 0 Å². The zero-order valence-electron chi connectivity index (χ0n) is 8.96. The van der Waals surface area contributed by atoms with Crippen LogP contribution < -0.4 is 5.32 Å². The summed E-state index contributed by atoms with van der Waals surface area (Å²) in [6, 6.07) is 8.66. The third-order valence-corrected chi connectivity index (χ3v) is 2.17. The second kappa shape index (κ2) is 5.78. The molecule has 0 saturated carbocycles. The molecular weight excluding hydrogens is 174 g/mol. The summed E-state index contributed by atoms with van der Waals surface area (Å²) in [5, 5.41) is 12.2. The Bertz CT molecular complexity index is 254. The van der Waals surface area contributed by atoms with Crippen molar-refractivity contribution in [1.82, 2.24) is 5.32 Å². The molecule has 2 nitrogen and oxygen atoms in total. The van der Waals surface area contributed by atoms with Gasteiger partial charge in [-0.25, -0.2) is 0 Å². The van der Waals surface area contributed by atoms with Gasteiger partial charge in [-0.3, -0.25) is 0 Å². The lowest BCUT2D eigenvalue weighted by Crippen LogP contribution is -2.24. The molecule has 0 aliphatic heterocycles. The lowest BCUT2D eigenvalue weighted by molar-refractivity contribution is 0.282. The van der Waals surface area contributed by atoms with Crippen LogP contribution in [0.5, 0.6) is 0 Å². The molecule has 2 N–H and O–H groups in total. The molecule has 0 heterocycles. The van der Waals surface area contributed by atoms with Crippen molar-refractivity contribution in [3.05, 3.63) is 35.4 Å². The third kappa shape index (κ3) is 3.90. The Labute approximate surface area is 86.0 Å². The van der Waals surface area contributed by atoms with Gasteiger partial charge in [0.1, 0.15) is 0 Å². The van der Waals surface area contributed by atoms with Crippen molar-refractivity contribution in [2.75, 3.05) is 6.54 Å². The van der Waals surface area contributed by atoms with Crippen LogP contribution in [0.4, 0.5) is 0 Å². The van der Waals surface area contributed by atoms with Gasteiger partial charge in [-0.15, -0.1) is 0 Å². The minimum atomic E-state index is 0.129. The first-order valence-corrected chi connectivity index (χ1v) is 5.14. The zero-order valence-corrected chi connectivity index (χ0v) is 8.96. The summed E-state index contributed by atoms with van der Waals surface area (Å²) >= 11 is 0. The van der Waals surface area contributed by atoms with Gasteiger partial charge >= 0.3 is 0 Å². The molecule has 0 aliphatic carbocycles. The molecule has 0 atom stereocenters. The molecule has 0 amide bonds. The Morgan fingerprint density at radius 1 is 1.14 bits per heavy atom. The van der Waals surface area contributed by atoms with Gasteiger partial charge in [0.15, 0.2) is 0 Å². The SMILES string of the molecule is CC(C)NCCc1ccc(CO)cc1. The fourth-order valence-electron chi connectivity index (χ4n) is 1.32. The Morgan fingerprint density at radius 2 is 1.71 bits per heavy atom. The molecule has 14 heavy (non-hydrogen) atoms. The van der Waals surface area contributed by atoms with Crippen LogP contribution in [0.3, 0.4) is 0 Å². The van der Waals surface area contributed by atoms with E-state index in [0.29, 0.717) is 6.04 Å². The van der Waals surface area contributed by atoms with E-state index in [2.05, 4.69) is 31.3 Å². The fraction of sp³-hybridized carbons (Fsp3) is 0.500. The van der Waals surface area contributed by atoms with E-state index in [1.807, 2.05) is 12.1 Å². The van der Waals surface area contributed by atoms with Gasteiger partial charge < -0.3 is 10.4 Å². The van der Waals surface area contributed by atoms with Crippen LogP contribution in [-0.4, -0.2) is 17.7 Å². The first kappa shape index (κ1) is 11.2. The van der Waals surface area contributed by atoms with E-state index in [-0.39, 0.29) is 6.61 Å². The average Bonchev–Trinajstić information content (AvgIpc) is 2.18. The van der Waals surface area contributed by atoms with Gasteiger partial charge in [0, 0.05) is 6.04 Å². The van der Waals surface area contributed by atoms with Crippen LogP contribution in [0.25, 0.3) is 0 Å². The van der Waals surface area contributed by atoms with Gasteiger partial charge in [0.25, 0.3) is 0 Å². The van der Waals surface area contributed by atoms with E-state index in [1.165, 1.54) is 5.56 Å². The molecule has 78 valence electrons. The summed E-state index contributed by atoms with van der Waals surface area (Å²) in [5.41, 5.74) is 2.29. The number of nitrogens with one attached hydrogen (secondary N) is 1. The highest BCUT2D eigenvalue weighted by molar-refractivity contribution is 5.22. The molecule has 0 spiro atoms. The Morgan fingerprint density at radius 3 is 2.21 bits per heavy atom. The number of benzene rings is 1. The minimum absolute atomic E-state index is 0.129. The summed E-state index contributed by atoms with van der Waals surface area (Å²) in [6.45, 7) is 5.43. The Hall–Kier alpha value is -0.860. The summed E-state index contributed by atoms with van der Waals surface area (Å²) in [6.07, 6.45) is 1.05. The van der Waals surface area contributed by atoms with E-state index >= 15 is 0 Å². The van der Waals surface area contributed by atoms with Crippen LogP contribution in [-0.2, 0) is 13.0 Å². The molecule has 0 aliphatic rings. The van der Waals surface area contributed by atoms with Crippen molar-refractivity contribution < 1.29 is 5.11 Å². The predicted octanol–water partition coefficient (Wildman–Crippen LogP) is 1.72. The molecule has 0 unspecified atom stereocenters. The molecule has 2 heteroatoms. The molecular formula is C12H19NO. The maximum absolute atomic E-state index is 8.86. The van der Waals surface area contributed by atoms with Gasteiger partial charge in [0.05, 0.1) is 6.61 Å². The summed E-state index contributed by atoms with van der Waals surface area (Å²) in [7, 11) is 0. The number of aliphatic hydroxyl groups is 1. The highest BCUT2D eigenvalue weighted by atomic mass is 16.3. The second-order valence-corrected chi connectivity index (χ2v) is 3.83.